The van der Waals surface area contributed by atoms with E-state index < -0.39 is 6.04 Å². The van der Waals surface area contributed by atoms with Gasteiger partial charge in [-0.1, -0.05) is 29.8 Å². The zero-order valence-corrected chi connectivity index (χ0v) is 20.6. The molecule has 9 nitrogen and oxygen atoms in total. The third kappa shape index (κ3) is 6.34. The fraction of sp³-hybridized carbons (Fsp3) is 0.308. The quantitative estimate of drug-likeness (QED) is 0.201. The third-order valence-electron chi connectivity index (χ3n) is 5.88. The molecule has 3 aromatic rings. The third-order valence-corrected chi connectivity index (χ3v) is 6.25. The number of carbonyl (C=O) groups excluding carboxylic acids is 2. The van der Waals surface area contributed by atoms with Crippen LogP contribution in [0.25, 0.3) is 11.0 Å². The van der Waals surface area contributed by atoms with Gasteiger partial charge in [0.2, 0.25) is 17.8 Å². The number of aryl methyl sites for hydroxylation is 1. The van der Waals surface area contributed by atoms with Crippen molar-refractivity contribution in [2.45, 2.75) is 38.8 Å². The van der Waals surface area contributed by atoms with Crippen molar-refractivity contribution in [3.05, 3.63) is 64.9 Å². The van der Waals surface area contributed by atoms with Crippen LogP contribution < -0.4 is 16.0 Å². The highest BCUT2D eigenvalue weighted by molar-refractivity contribution is 6.31. The van der Waals surface area contributed by atoms with Crippen molar-refractivity contribution in [2.24, 2.45) is 4.99 Å². The minimum atomic E-state index is -0.716. The van der Waals surface area contributed by atoms with Gasteiger partial charge in [0.15, 0.2) is 6.19 Å². The van der Waals surface area contributed by atoms with Gasteiger partial charge in [-0.05, 0) is 62.1 Å². The highest BCUT2D eigenvalue weighted by Gasteiger charge is 2.28. The lowest BCUT2D eigenvalue weighted by Gasteiger charge is -2.22. The number of nitrogens with one attached hydrogen (secondary N) is 3. The lowest BCUT2D eigenvalue weighted by Crippen LogP contribution is -2.44. The number of furan rings is 1. The Hall–Kier alpha value is -4.03. The van der Waals surface area contributed by atoms with Gasteiger partial charge < -0.3 is 20.0 Å². The smallest absolute Gasteiger partial charge is 0.247 e. The summed E-state index contributed by atoms with van der Waals surface area (Å²) in [5.41, 5.74) is 2.26. The van der Waals surface area contributed by atoms with Gasteiger partial charge in [0, 0.05) is 29.2 Å². The fourth-order valence-electron chi connectivity index (χ4n) is 4.12. The maximum atomic E-state index is 13.2. The van der Waals surface area contributed by atoms with Crippen LogP contribution in [0.1, 0.15) is 30.6 Å². The van der Waals surface area contributed by atoms with Crippen molar-refractivity contribution < 1.29 is 14.0 Å². The van der Waals surface area contributed by atoms with Crippen LogP contribution in [0.3, 0.4) is 0 Å². The van der Waals surface area contributed by atoms with Crippen LogP contribution in [0.2, 0.25) is 5.02 Å². The molecule has 1 saturated heterocycles. The summed E-state index contributed by atoms with van der Waals surface area (Å²) in [6, 6.07) is 14.0. The van der Waals surface area contributed by atoms with Crippen molar-refractivity contribution in [3.63, 3.8) is 0 Å². The predicted molar refractivity (Wildman–Crippen MR) is 138 cm³/mol. The maximum absolute atomic E-state index is 13.2. The Morgan fingerprint density at radius 1 is 1.25 bits per heavy atom. The van der Waals surface area contributed by atoms with Crippen LogP contribution in [0.5, 0.6) is 0 Å². The Morgan fingerprint density at radius 2 is 2.08 bits per heavy atom. The highest BCUT2D eigenvalue weighted by atomic mass is 35.5. The number of fused-ring (bicyclic) bond motifs is 1. The number of nitrogens with zero attached hydrogens (tertiary/aromatic N) is 3. The van der Waals surface area contributed by atoms with Crippen molar-refractivity contribution in [3.8, 4) is 6.19 Å². The summed E-state index contributed by atoms with van der Waals surface area (Å²) >= 11 is 6.16. The van der Waals surface area contributed by atoms with Crippen LogP contribution in [0.4, 0.5) is 5.69 Å². The second-order valence-corrected chi connectivity index (χ2v) is 9.00. The van der Waals surface area contributed by atoms with Gasteiger partial charge in [-0.25, -0.2) is 4.99 Å². The summed E-state index contributed by atoms with van der Waals surface area (Å²) in [5, 5.41) is 19.2. The molecule has 0 bridgehead atoms. The topological polar surface area (TPSA) is 123 Å². The highest BCUT2D eigenvalue weighted by Crippen LogP contribution is 2.23. The van der Waals surface area contributed by atoms with Crippen LogP contribution in [-0.2, 0) is 16.1 Å². The molecule has 1 aliphatic rings. The van der Waals surface area contributed by atoms with Gasteiger partial charge in [0.25, 0.3) is 0 Å². The number of halogens is 1. The number of amides is 2. The molecule has 0 radical (unpaired) electrons. The van der Waals surface area contributed by atoms with Gasteiger partial charge in [-0.3, -0.25) is 14.9 Å². The average Bonchev–Trinajstić information content (AvgIpc) is 3.14. The number of hydrogen-bond acceptors (Lipinski definition) is 5. The monoisotopic (exact) mass is 506 g/mol. The Bertz CT molecular complexity index is 1330. The first-order valence-corrected chi connectivity index (χ1v) is 12.1. The molecule has 10 heteroatoms. The molecule has 1 aromatic heterocycles. The molecule has 2 heterocycles. The Morgan fingerprint density at radius 3 is 2.89 bits per heavy atom. The van der Waals surface area contributed by atoms with Gasteiger partial charge in [0.1, 0.15) is 17.4 Å². The SMILES string of the molecule is Cc1cc2cc(NC(=NC3CCCCN(CC(=O)NCc4ccccc4Cl)C3=O)NC#N)ccc2o1. The summed E-state index contributed by atoms with van der Waals surface area (Å²) in [6.07, 6.45) is 3.93. The van der Waals surface area contributed by atoms with E-state index in [4.69, 9.17) is 16.0 Å². The minimum Gasteiger partial charge on any atom is -0.461 e. The first-order valence-electron chi connectivity index (χ1n) is 11.7. The zero-order valence-electron chi connectivity index (χ0n) is 19.9. The normalized spacial score (nSPS) is 16.4. The molecule has 1 aliphatic heterocycles. The molecule has 186 valence electrons. The van der Waals surface area contributed by atoms with E-state index in [9.17, 15) is 14.9 Å². The van der Waals surface area contributed by atoms with Crippen LogP contribution in [0.15, 0.2) is 57.9 Å². The number of anilines is 1. The van der Waals surface area contributed by atoms with E-state index in [2.05, 4.69) is 20.9 Å². The molecule has 0 spiro atoms. The summed E-state index contributed by atoms with van der Waals surface area (Å²) in [7, 11) is 0. The van der Waals surface area contributed by atoms with Crippen LogP contribution >= 0.6 is 11.6 Å². The van der Waals surface area contributed by atoms with Gasteiger partial charge >= 0.3 is 0 Å². The second-order valence-electron chi connectivity index (χ2n) is 8.59. The Labute approximate surface area is 214 Å². The summed E-state index contributed by atoms with van der Waals surface area (Å²) in [5.74, 6) is 0.442. The first kappa shape index (κ1) is 25.1. The molecule has 2 amide bonds. The molecule has 3 N–H and O–H groups in total. The summed E-state index contributed by atoms with van der Waals surface area (Å²) in [4.78, 5) is 31.9. The lowest BCUT2D eigenvalue weighted by atomic mass is 10.1. The van der Waals surface area contributed by atoms with E-state index >= 15 is 0 Å². The van der Waals surface area contributed by atoms with E-state index in [1.165, 1.54) is 4.90 Å². The largest absolute Gasteiger partial charge is 0.461 e. The molecule has 2 aromatic carbocycles. The van der Waals surface area contributed by atoms with Gasteiger partial charge in [0.05, 0.1) is 6.54 Å². The number of likely N-dealkylation sites (tertiary alicyclic amines) is 1. The number of carbonyl (C=O) groups is 2. The number of benzene rings is 2. The molecule has 4 rings (SSSR count). The van der Waals surface area contributed by atoms with Crippen LogP contribution in [0, 0.1) is 18.4 Å². The molecule has 0 saturated carbocycles. The number of guanidine groups is 1. The van der Waals surface area contributed by atoms with E-state index in [0.29, 0.717) is 23.7 Å². The lowest BCUT2D eigenvalue weighted by molar-refractivity contribution is -0.136. The van der Waals surface area contributed by atoms with Crippen molar-refractivity contribution in [1.29, 1.82) is 5.26 Å². The van der Waals surface area contributed by atoms with Gasteiger partial charge in [-0.15, -0.1) is 0 Å². The van der Waals surface area contributed by atoms with Gasteiger partial charge in [-0.2, -0.15) is 5.26 Å². The zero-order chi connectivity index (χ0) is 25.5. The molecular formula is C26H27ClN6O3. The number of nitriles is 1. The fourth-order valence-corrected chi connectivity index (χ4v) is 4.32. The number of hydrogen-bond donors (Lipinski definition) is 3. The maximum Gasteiger partial charge on any atom is 0.247 e. The van der Waals surface area contributed by atoms with E-state index in [1.54, 1.807) is 6.07 Å². The summed E-state index contributed by atoms with van der Waals surface area (Å²) in [6.45, 7) is 2.55. The minimum absolute atomic E-state index is 0.0692. The van der Waals surface area contributed by atoms with Crippen LogP contribution in [-0.4, -0.2) is 41.8 Å². The summed E-state index contributed by atoms with van der Waals surface area (Å²) < 4.78 is 5.60. The second kappa shape index (κ2) is 11.6. The Kier molecular flexibility index (Phi) is 8.08. The van der Waals surface area contributed by atoms with E-state index in [-0.39, 0.29) is 30.9 Å². The average molecular weight is 507 g/mol. The van der Waals surface area contributed by atoms with E-state index in [0.717, 1.165) is 35.1 Å². The van der Waals surface area contributed by atoms with E-state index in [1.807, 2.05) is 55.6 Å². The van der Waals surface area contributed by atoms with Crippen molar-refractivity contribution in [1.82, 2.24) is 15.5 Å². The molecule has 1 atom stereocenters. The molecule has 0 aliphatic carbocycles. The number of aliphatic imine (C=N–C) groups is 1. The first-order chi connectivity index (χ1) is 17.4. The molecular weight excluding hydrogens is 480 g/mol. The Balaban J connectivity index is 1.43. The number of rotatable bonds is 6. The molecule has 1 unspecified atom stereocenters. The van der Waals surface area contributed by atoms with Crippen molar-refractivity contribution >= 4 is 46.0 Å². The standard InChI is InChI=1S/C26H27ClN6O3/c1-17-12-19-13-20(9-10-23(19)36-17)31-26(30-16-28)32-22-8-4-5-11-33(25(22)35)15-24(34)29-14-18-6-2-3-7-21(18)27/h2-3,6-7,9-10,12-13,22H,4-5,8,11,14-15H2,1H3,(H,29,34)(H2,30,31,32). The molecule has 36 heavy (non-hydrogen) atoms. The predicted octanol–water partition coefficient (Wildman–Crippen LogP) is 3.93. The molecule has 1 fully saturated rings. The van der Waals surface area contributed by atoms with Crippen molar-refractivity contribution in [2.75, 3.05) is 18.4 Å².